The van der Waals surface area contributed by atoms with E-state index >= 15 is 0 Å². The van der Waals surface area contributed by atoms with Crippen LogP contribution in [0.2, 0.25) is 0 Å². The molecule has 0 bridgehead atoms. The number of oxazole rings is 1. The first kappa shape index (κ1) is 37.2. The number of carbonyl (C=O) groups is 2. The number of aromatic nitrogens is 3. The van der Waals surface area contributed by atoms with E-state index in [2.05, 4.69) is 10.1 Å². The summed E-state index contributed by atoms with van der Waals surface area (Å²) in [4.78, 5) is 28.9. The highest BCUT2D eigenvalue weighted by molar-refractivity contribution is 5.87. The first-order chi connectivity index (χ1) is 24.7. The lowest BCUT2D eigenvalue weighted by Gasteiger charge is -2.15. The topological polar surface area (TPSA) is 124 Å². The minimum absolute atomic E-state index is 0.00244. The van der Waals surface area contributed by atoms with Crippen molar-refractivity contribution in [2.24, 2.45) is 5.41 Å². The van der Waals surface area contributed by atoms with E-state index in [4.69, 9.17) is 28.1 Å². The molecule has 0 saturated heterocycles. The second-order valence-electron chi connectivity index (χ2n) is 12.4. The summed E-state index contributed by atoms with van der Waals surface area (Å²) in [6.07, 6.45) is -0.577. The van der Waals surface area contributed by atoms with Gasteiger partial charge in [0.2, 0.25) is 18.6 Å². The Bertz CT molecular complexity index is 2030. The summed E-state index contributed by atoms with van der Waals surface area (Å²) in [7, 11) is 1.50. The fourth-order valence-electron chi connectivity index (χ4n) is 4.58. The summed E-state index contributed by atoms with van der Waals surface area (Å²) in [6.45, 7) is 6.34. The van der Waals surface area contributed by atoms with Gasteiger partial charge in [-0.05, 0) is 87.9 Å². The van der Waals surface area contributed by atoms with Gasteiger partial charge in [0.25, 0.3) is 0 Å². The third-order valence-corrected chi connectivity index (χ3v) is 7.45. The first-order valence-electron chi connectivity index (χ1n) is 15.9. The molecule has 0 atom stereocenters. The van der Waals surface area contributed by atoms with Crippen molar-refractivity contribution in [3.63, 3.8) is 0 Å². The largest absolute Gasteiger partial charge is 0.493 e. The van der Waals surface area contributed by atoms with Crippen LogP contribution in [-0.2, 0) is 38.5 Å². The van der Waals surface area contributed by atoms with Gasteiger partial charge in [-0.3, -0.25) is 4.79 Å². The van der Waals surface area contributed by atoms with Crippen LogP contribution < -0.4 is 14.2 Å². The molecule has 5 aromatic rings. The standard InChI is InChI=1S/C38H36F3N3O8/c1-24-30(42-34(52-24)26-9-7-6-8-10-26)22-48-31-17-11-25(19-32(31)47-5)21-49-35-27(12-18-33(45)50-23-51-36(46)37(2,3)4)20-44(43-35)29-15-13-28(14-16-29)38(39,40)41/h6-20H,21-23H2,1-5H3/b18-12+. The van der Waals surface area contributed by atoms with E-state index in [1.54, 1.807) is 39.0 Å². The van der Waals surface area contributed by atoms with E-state index < -0.39 is 35.9 Å². The molecule has 0 amide bonds. The van der Waals surface area contributed by atoms with Crippen molar-refractivity contribution in [3.8, 4) is 34.5 Å². The van der Waals surface area contributed by atoms with Gasteiger partial charge in [-0.15, -0.1) is 5.10 Å². The summed E-state index contributed by atoms with van der Waals surface area (Å²) in [5, 5.41) is 4.40. The van der Waals surface area contributed by atoms with Crippen molar-refractivity contribution in [2.45, 2.75) is 47.1 Å². The Balaban J connectivity index is 1.29. The van der Waals surface area contributed by atoms with Crippen molar-refractivity contribution in [1.29, 1.82) is 0 Å². The number of methoxy groups -OCH3 is 1. The number of alkyl halides is 3. The molecule has 5 rings (SSSR count). The second-order valence-corrected chi connectivity index (χ2v) is 12.4. The smallest absolute Gasteiger partial charge is 0.416 e. The van der Waals surface area contributed by atoms with Crippen LogP contribution >= 0.6 is 0 Å². The highest BCUT2D eigenvalue weighted by Crippen LogP contribution is 2.32. The minimum Gasteiger partial charge on any atom is -0.493 e. The van der Waals surface area contributed by atoms with Crippen LogP contribution in [-0.4, -0.2) is 40.6 Å². The predicted molar refractivity (Wildman–Crippen MR) is 182 cm³/mol. The molecule has 0 spiro atoms. The molecular weight excluding hydrogens is 683 g/mol. The molecule has 2 heterocycles. The lowest BCUT2D eigenvalue weighted by molar-refractivity contribution is -0.170. The van der Waals surface area contributed by atoms with Crippen LogP contribution in [0.4, 0.5) is 13.2 Å². The summed E-state index contributed by atoms with van der Waals surface area (Å²) >= 11 is 0. The van der Waals surface area contributed by atoms with Crippen molar-refractivity contribution in [2.75, 3.05) is 13.9 Å². The van der Waals surface area contributed by atoms with Crippen molar-refractivity contribution in [1.82, 2.24) is 14.8 Å². The molecule has 0 aliphatic heterocycles. The highest BCUT2D eigenvalue weighted by atomic mass is 19.4. The van der Waals surface area contributed by atoms with E-state index in [-0.39, 0.29) is 19.1 Å². The van der Waals surface area contributed by atoms with Crippen LogP contribution in [0.1, 0.15) is 48.9 Å². The van der Waals surface area contributed by atoms with Gasteiger partial charge in [0.05, 0.1) is 29.3 Å². The molecule has 14 heteroatoms. The number of hydrogen-bond acceptors (Lipinski definition) is 10. The van der Waals surface area contributed by atoms with Crippen LogP contribution in [0.3, 0.4) is 0 Å². The van der Waals surface area contributed by atoms with Crippen LogP contribution in [0.5, 0.6) is 17.4 Å². The number of benzene rings is 3. The summed E-state index contributed by atoms with van der Waals surface area (Å²) in [5.74, 6) is 0.708. The molecule has 0 aliphatic rings. The van der Waals surface area contributed by atoms with E-state index in [9.17, 15) is 22.8 Å². The monoisotopic (exact) mass is 719 g/mol. The van der Waals surface area contributed by atoms with Gasteiger partial charge >= 0.3 is 18.1 Å². The molecule has 52 heavy (non-hydrogen) atoms. The summed E-state index contributed by atoms with van der Waals surface area (Å²) < 4.78 is 74.1. The maximum atomic E-state index is 13.1. The number of carbonyl (C=O) groups excluding carboxylic acids is 2. The molecule has 2 aromatic heterocycles. The quantitative estimate of drug-likeness (QED) is 0.0670. The maximum absolute atomic E-state index is 13.1. The van der Waals surface area contributed by atoms with E-state index in [1.165, 1.54) is 36.2 Å². The predicted octanol–water partition coefficient (Wildman–Crippen LogP) is 8.12. The number of esters is 2. The Morgan fingerprint density at radius 2 is 1.63 bits per heavy atom. The van der Waals surface area contributed by atoms with Crippen LogP contribution in [0, 0.1) is 12.3 Å². The SMILES string of the molecule is COc1cc(COc2nn(-c3ccc(C(F)(F)F)cc3)cc2/C=C/C(=O)OCOC(=O)C(C)(C)C)ccc1OCc1nc(-c2ccccc2)oc1C. The molecule has 0 fully saturated rings. The van der Waals surface area contributed by atoms with Gasteiger partial charge in [-0.1, -0.05) is 24.3 Å². The molecule has 272 valence electrons. The van der Waals surface area contributed by atoms with Crippen molar-refractivity contribution < 1.29 is 50.9 Å². The first-order valence-corrected chi connectivity index (χ1v) is 15.9. The molecule has 0 unspecified atom stereocenters. The molecule has 0 aliphatic carbocycles. The van der Waals surface area contributed by atoms with Crippen LogP contribution in [0.25, 0.3) is 23.2 Å². The summed E-state index contributed by atoms with van der Waals surface area (Å²) in [6, 6.07) is 19.1. The Morgan fingerprint density at radius 1 is 0.904 bits per heavy atom. The molecular formula is C38H36F3N3O8. The van der Waals surface area contributed by atoms with Gasteiger partial charge in [0, 0.05) is 17.8 Å². The molecule has 0 saturated carbocycles. The van der Waals surface area contributed by atoms with Gasteiger partial charge in [0.15, 0.2) is 11.5 Å². The number of aryl methyl sites for hydroxylation is 1. The van der Waals surface area contributed by atoms with Gasteiger partial charge < -0.3 is 28.1 Å². The average Bonchev–Trinajstić information content (AvgIpc) is 3.71. The van der Waals surface area contributed by atoms with E-state index in [0.29, 0.717) is 45.7 Å². The zero-order valence-electron chi connectivity index (χ0n) is 29.0. The summed E-state index contributed by atoms with van der Waals surface area (Å²) in [5.41, 5.74) is 1.19. The van der Waals surface area contributed by atoms with E-state index in [0.717, 1.165) is 23.8 Å². The lowest BCUT2D eigenvalue weighted by atomic mass is 9.98. The number of hydrogen-bond donors (Lipinski definition) is 0. The van der Waals surface area contributed by atoms with Gasteiger partial charge in [-0.2, -0.15) is 13.2 Å². The Labute approximate surface area is 297 Å². The number of rotatable bonds is 13. The normalized spacial score (nSPS) is 11.8. The third kappa shape index (κ3) is 9.59. The Morgan fingerprint density at radius 3 is 2.31 bits per heavy atom. The number of halogens is 3. The molecule has 0 N–H and O–H groups in total. The van der Waals surface area contributed by atoms with Crippen LogP contribution in [0.15, 0.2) is 89.5 Å². The Kier molecular flexibility index (Phi) is 11.4. The maximum Gasteiger partial charge on any atom is 0.416 e. The van der Waals surface area contributed by atoms with Crippen molar-refractivity contribution >= 4 is 18.0 Å². The number of ether oxygens (including phenoxy) is 5. The van der Waals surface area contributed by atoms with Gasteiger partial charge in [-0.25, -0.2) is 14.5 Å². The average molecular weight is 720 g/mol. The zero-order chi connectivity index (χ0) is 37.5. The van der Waals surface area contributed by atoms with Crippen molar-refractivity contribution in [3.05, 3.63) is 113 Å². The highest BCUT2D eigenvalue weighted by Gasteiger charge is 2.30. The lowest BCUT2D eigenvalue weighted by Crippen LogP contribution is -2.24. The Hall–Kier alpha value is -6.05. The number of nitrogens with zero attached hydrogens (tertiary/aromatic N) is 3. The molecule has 0 radical (unpaired) electrons. The minimum atomic E-state index is -4.50. The molecule has 11 nitrogen and oxygen atoms in total. The second kappa shape index (κ2) is 15.9. The third-order valence-electron chi connectivity index (χ3n) is 7.45. The van der Waals surface area contributed by atoms with Gasteiger partial charge in [0.1, 0.15) is 24.7 Å². The fraction of sp³-hybridized carbons (Fsp3) is 0.263. The molecule has 3 aromatic carbocycles. The fourth-order valence-corrected chi connectivity index (χ4v) is 4.58. The van der Waals surface area contributed by atoms with E-state index in [1.807, 2.05) is 37.3 Å². The zero-order valence-corrected chi connectivity index (χ0v) is 29.0.